The van der Waals surface area contributed by atoms with Crippen molar-refractivity contribution in [2.24, 2.45) is 0 Å². The summed E-state index contributed by atoms with van der Waals surface area (Å²) in [6, 6.07) is 3.40. The smallest absolute Gasteiger partial charge is 0.170 e. The Labute approximate surface area is 100 Å². The Morgan fingerprint density at radius 1 is 1.29 bits per heavy atom. The number of carbonyl (C=O) groups is 1. The van der Waals surface area contributed by atoms with E-state index in [1.807, 2.05) is 6.92 Å². The molecule has 0 bridgehead atoms. The summed E-state index contributed by atoms with van der Waals surface area (Å²) in [7, 11) is 3.11. The maximum Gasteiger partial charge on any atom is 0.170 e. The molecule has 4 heteroatoms. The molecule has 1 atom stereocenters. The van der Waals surface area contributed by atoms with E-state index in [1.54, 1.807) is 26.4 Å². The lowest BCUT2D eigenvalue weighted by Gasteiger charge is -2.25. The van der Waals surface area contributed by atoms with E-state index >= 15 is 0 Å². The van der Waals surface area contributed by atoms with Gasteiger partial charge in [-0.1, -0.05) is 6.92 Å². The van der Waals surface area contributed by atoms with Gasteiger partial charge in [-0.15, -0.1) is 0 Å². The van der Waals surface area contributed by atoms with Crippen LogP contribution in [0, 0.1) is 0 Å². The van der Waals surface area contributed by atoms with Gasteiger partial charge in [-0.3, -0.25) is 4.79 Å². The second-order valence-electron chi connectivity index (χ2n) is 3.98. The molecule has 1 aliphatic rings. The van der Waals surface area contributed by atoms with Crippen molar-refractivity contribution in [2.45, 2.75) is 25.9 Å². The highest BCUT2D eigenvalue weighted by molar-refractivity contribution is 6.00. The van der Waals surface area contributed by atoms with E-state index in [0.717, 1.165) is 6.42 Å². The van der Waals surface area contributed by atoms with Gasteiger partial charge in [0.05, 0.1) is 19.8 Å². The number of ketones is 1. The Kier molecular flexibility index (Phi) is 3.22. The lowest BCUT2D eigenvalue weighted by Crippen LogP contribution is -2.26. The number of rotatable bonds is 3. The van der Waals surface area contributed by atoms with E-state index in [-0.39, 0.29) is 11.9 Å². The van der Waals surface area contributed by atoms with Gasteiger partial charge in [0.2, 0.25) is 0 Å². The van der Waals surface area contributed by atoms with Crippen molar-refractivity contribution < 1.29 is 19.0 Å². The summed E-state index contributed by atoms with van der Waals surface area (Å²) in [5.41, 5.74) is 0.576. The third-order valence-corrected chi connectivity index (χ3v) is 2.95. The molecule has 0 saturated carbocycles. The second kappa shape index (κ2) is 4.65. The maximum absolute atomic E-state index is 11.9. The third-order valence-electron chi connectivity index (χ3n) is 2.95. The van der Waals surface area contributed by atoms with Gasteiger partial charge in [-0.25, -0.2) is 0 Å². The molecule has 1 aromatic carbocycles. The molecule has 1 unspecified atom stereocenters. The molecule has 1 aliphatic heterocycles. The fourth-order valence-electron chi connectivity index (χ4n) is 1.94. The first kappa shape index (κ1) is 11.8. The average Bonchev–Trinajstić information content (AvgIpc) is 2.36. The quantitative estimate of drug-likeness (QED) is 0.808. The van der Waals surface area contributed by atoms with Gasteiger partial charge in [0.15, 0.2) is 17.3 Å². The third kappa shape index (κ3) is 2.07. The van der Waals surface area contributed by atoms with Crippen molar-refractivity contribution >= 4 is 5.78 Å². The monoisotopic (exact) mass is 236 g/mol. The number of fused-ring (bicyclic) bond motifs is 1. The fourth-order valence-corrected chi connectivity index (χ4v) is 1.94. The van der Waals surface area contributed by atoms with Gasteiger partial charge in [-0.05, 0) is 12.5 Å². The van der Waals surface area contributed by atoms with Crippen molar-refractivity contribution in [3.63, 3.8) is 0 Å². The van der Waals surface area contributed by atoms with Gasteiger partial charge in [0, 0.05) is 12.5 Å². The largest absolute Gasteiger partial charge is 0.493 e. The van der Waals surface area contributed by atoms with Gasteiger partial charge in [0.1, 0.15) is 11.9 Å². The Hall–Kier alpha value is -1.71. The summed E-state index contributed by atoms with van der Waals surface area (Å²) < 4.78 is 16.1. The topological polar surface area (TPSA) is 44.8 Å². The Morgan fingerprint density at radius 3 is 2.53 bits per heavy atom. The maximum atomic E-state index is 11.9. The number of hydrogen-bond donors (Lipinski definition) is 0. The zero-order valence-electron chi connectivity index (χ0n) is 10.3. The highest BCUT2D eigenvalue weighted by Gasteiger charge is 2.27. The van der Waals surface area contributed by atoms with Gasteiger partial charge >= 0.3 is 0 Å². The number of benzene rings is 1. The molecule has 17 heavy (non-hydrogen) atoms. The fraction of sp³-hybridized carbons (Fsp3) is 0.462. The van der Waals surface area contributed by atoms with Crippen LogP contribution in [0.5, 0.6) is 17.2 Å². The molecular weight excluding hydrogens is 220 g/mol. The van der Waals surface area contributed by atoms with Crippen LogP contribution in [0.4, 0.5) is 0 Å². The van der Waals surface area contributed by atoms with Crippen molar-refractivity contribution in [1.29, 1.82) is 0 Å². The SMILES string of the molecule is CCC1CC(=O)c2cc(OC)c(OC)cc2O1. The highest BCUT2D eigenvalue weighted by Crippen LogP contribution is 2.38. The van der Waals surface area contributed by atoms with Crippen molar-refractivity contribution in [1.82, 2.24) is 0 Å². The van der Waals surface area contributed by atoms with Crippen LogP contribution in [0.3, 0.4) is 0 Å². The predicted molar refractivity (Wildman–Crippen MR) is 63.2 cm³/mol. The van der Waals surface area contributed by atoms with Gasteiger partial charge < -0.3 is 14.2 Å². The molecular formula is C13H16O4. The molecule has 0 spiro atoms. The van der Waals surface area contributed by atoms with E-state index in [0.29, 0.717) is 29.2 Å². The predicted octanol–water partition coefficient (Wildman–Crippen LogP) is 2.45. The van der Waals surface area contributed by atoms with Crippen LogP contribution < -0.4 is 14.2 Å². The molecule has 0 radical (unpaired) electrons. The summed E-state index contributed by atoms with van der Waals surface area (Å²) in [6.45, 7) is 2.00. The molecule has 92 valence electrons. The minimum atomic E-state index is -0.0342. The number of carbonyl (C=O) groups excluding carboxylic acids is 1. The number of hydrogen-bond acceptors (Lipinski definition) is 4. The summed E-state index contributed by atoms with van der Waals surface area (Å²) in [5, 5.41) is 0. The van der Waals surface area contributed by atoms with Crippen molar-refractivity contribution in [3.8, 4) is 17.2 Å². The van der Waals surface area contributed by atoms with Crippen molar-refractivity contribution in [3.05, 3.63) is 17.7 Å². The second-order valence-corrected chi connectivity index (χ2v) is 3.98. The average molecular weight is 236 g/mol. The zero-order valence-corrected chi connectivity index (χ0v) is 10.3. The molecule has 0 amide bonds. The molecule has 0 aliphatic carbocycles. The van der Waals surface area contributed by atoms with Crippen LogP contribution in [0.2, 0.25) is 0 Å². The van der Waals surface area contributed by atoms with Crippen LogP contribution in [0.1, 0.15) is 30.1 Å². The summed E-state index contributed by atoms with van der Waals surface area (Å²) >= 11 is 0. The molecule has 0 N–H and O–H groups in total. The van der Waals surface area contributed by atoms with Crippen LogP contribution in [0.25, 0.3) is 0 Å². The van der Waals surface area contributed by atoms with Crippen LogP contribution in [0.15, 0.2) is 12.1 Å². The zero-order chi connectivity index (χ0) is 12.4. The molecule has 0 fully saturated rings. The molecule has 1 aromatic rings. The standard InChI is InChI=1S/C13H16O4/c1-4-8-5-10(14)9-6-12(15-2)13(16-3)7-11(9)17-8/h6-8H,4-5H2,1-3H3. The van der Waals surface area contributed by atoms with Crippen molar-refractivity contribution in [2.75, 3.05) is 14.2 Å². The van der Waals surface area contributed by atoms with Gasteiger partial charge in [-0.2, -0.15) is 0 Å². The van der Waals surface area contributed by atoms with E-state index in [1.165, 1.54) is 0 Å². The first-order chi connectivity index (χ1) is 8.19. The molecule has 0 aromatic heterocycles. The number of ether oxygens (including phenoxy) is 3. The van der Waals surface area contributed by atoms with Crippen LogP contribution >= 0.6 is 0 Å². The Bertz CT molecular complexity index is 439. The minimum absolute atomic E-state index is 0.0342. The lowest BCUT2D eigenvalue weighted by atomic mass is 9.99. The number of Topliss-reactive ketones (excluding diaryl/α,β-unsaturated/α-hetero) is 1. The van der Waals surface area contributed by atoms with Gasteiger partial charge in [0.25, 0.3) is 0 Å². The normalized spacial score (nSPS) is 18.3. The lowest BCUT2D eigenvalue weighted by molar-refractivity contribution is 0.0844. The molecule has 1 heterocycles. The van der Waals surface area contributed by atoms with Crippen LogP contribution in [-0.2, 0) is 0 Å². The first-order valence-corrected chi connectivity index (χ1v) is 5.65. The van der Waals surface area contributed by atoms with E-state index < -0.39 is 0 Å². The molecule has 4 nitrogen and oxygen atoms in total. The summed E-state index contributed by atoms with van der Waals surface area (Å²) in [6.07, 6.45) is 1.21. The Balaban J connectivity index is 2.46. The molecule has 2 rings (SSSR count). The summed E-state index contributed by atoms with van der Waals surface area (Å²) in [5.74, 6) is 1.82. The van der Waals surface area contributed by atoms with E-state index in [4.69, 9.17) is 14.2 Å². The number of methoxy groups -OCH3 is 2. The first-order valence-electron chi connectivity index (χ1n) is 5.65. The van der Waals surface area contributed by atoms with Crippen LogP contribution in [-0.4, -0.2) is 26.1 Å². The van der Waals surface area contributed by atoms with E-state index in [2.05, 4.69) is 0 Å². The Morgan fingerprint density at radius 2 is 1.94 bits per heavy atom. The highest BCUT2D eigenvalue weighted by atomic mass is 16.5. The minimum Gasteiger partial charge on any atom is -0.493 e. The summed E-state index contributed by atoms with van der Waals surface area (Å²) in [4.78, 5) is 11.9. The molecule has 0 saturated heterocycles. The van der Waals surface area contributed by atoms with E-state index in [9.17, 15) is 4.79 Å².